The van der Waals surface area contributed by atoms with Gasteiger partial charge in [-0.1, -0.05) is 49.4 Å². The average Bonchev–Trinajstić information content (AvgIpc) is 3.02. The van der Waals surface area contributed by atoms with Crippen LogP contribution in [0.4, 0.5) is 0 Å². The van der Waals surface area contributed by atoms with E-state index in [1.165, 1.54) is 12.1 Å². The lowest BCUT2D eigenvalue weighted by Gasteiger charge is -2.23. The molecule has 0 aliphatic rings. The van der Waals surface area contributed by atoms with Crippen LogP contribution in [0.3, 0.4) is 0 Å². The number of rotatable bonds is 20. The highest BCUT2D eigenvalue weighted by molar-refractivity contribution is 5.94. The molecule has 0 aliphatic carbocycles. The Kier molecular flexibility index (Phi) is 15.6. The number of phenolic OH excluding ortho intramolecular Hbond substituents is 1. The minimum absolute atomic E-state index is 0.0736. The van der Waals surface area contributed by atoms with Gasteiger partial charge in [0.05, 0.1) is 12.6 Å². The van der Waals surface area contributed by atoms with Crippen molar-refractivity contribution in [1.29, 1.82) is 0 Å². The Morgan fingerprint density at radius 3 is 2.07 bits per heavy atom. The molecule has 0 unspecified atom stereocenters. The SMILES string of the molecule is CC[C@H](NC(=O)[C@H](Cc1ccccc1)NC(=O)CNC(=O)[C@@H](CCCCNC=O)NC(=O)[C@@H](N)Cc1ccc(O)cc1)C(N)=O. The largest absolute Gasteiger partial charge is 0.508 e. The summed E-state index contributed by atoms with van der Waals surface area (Å²) in [4.78, 5) is 74.1. The Hall–Kier alpha value is -4.98. The lowest BCUT2D eigenvalue weighted by Crippen LogP contribution is -2.56. The van der Waals surface area contributed by atoms with E-state index in [0.717, 1.165) is 5.56 Å². The molecule has 0 saturated heterocycles. The monoisotopic (exact) mass is 625 g/mol. The number of primary amides is 1. The van der Waals surface area contributed by atoms with Crippen LogP contribution >= 0.6 is 0 Å². The number of aromatic hydroxyl groups is 1. The number of hydrogen-bond acceptors (Lipinski definition) is 8. The number of hydrogen-bond donors (Lipinski definition) is 8. The molecule has 14 heteroatoms. The fourth-order valence-corrected chi connectivity index (χ4v) is 4.40. The van der Waals surface area contributed by atoms with Crippen LogP contribution in [0.15, 0.2) is 54.6 Å². The molecule has 0 aliphatic heterocycles. The van der Waals surface area contributed by atoms with Crippen molar-refractivity contribution in [3.8, 4) is 5.75 Å². The molecule has 14 nitrogen and oxygen atoms in total. The van der Waals surface area contributed by atoms with Gasteiger partial charge in [0.2, 0.25) is 35.9 Å². The third kappa shape index (κ3) is 13.5. The van der Waals surface area contributed by atoms with Gasteiger partial charge >= 0.3 is 0 Å². The van der Waals surface area contributed by atoms with Crippen molar-refractivity contribution in [3.63, 3.8) is 0 Å². The highest BCUT2D eigenvalue weighted by Gasteiger charge is 2.27. The van der Waals surface area contributed by atoms with Crippen molar-refractivity contribution in [1.82, 2.24) is 26.6 Å². The first kappa shape index (κ1) is 36.2. The highest BCUT2D eigenvalue weighted by Crippen LogP contribution is 2.11. The summed E-state index contributed by atoms with van der Waals surface area (Å²) >= 11 is 0. The van der Waals surface area contributed by atoms with E-state index < -0.39 is 60.2 Å². The van der Waals surface area contributed by atoms with Gasteiger partial charge in [0.15, 0.2) is 0 Å². The summed E-state index contributed by atoms with van der Waals surface area (Å²) in [5, 5.41) is 22.3. The summed E-state index contributed by atoms with van der Waals surface area (Å²) in [7, 11) is 0. The van der Waals surface area contributed by atoms with Crippen molar-refractivity contribution in [2.75, 3.05) is 13.1 Å². The number of phenols is 1. The fraction of sp³-hybridized carbons (Fsp3) is 0.419. The van der Waals surface area contributed by atoms with Gasteiger partial charge in [0.1, 0.15) is 23.9 Å². The van der Waals surface area contributed by atoms with E-state index >= 15 is 0 Å². The third-order valence-electron chi connectivity index (χ3n) is 6.93. The summed E-state index contributed by atoms with van der Waals surface area (Å²) in [6, 6.07) is 11.1. The maximum Gasteiger partial charge on any atom is 0.243 e. The minimum Gasteiger partial charge on any atom is -0.508 e. The van der Waals surface area contributed by atoms with E-state index in [0.29, 0.717) is 31.4 Å². The molecule has 2 aromatic rings. The van der Waals surface area contributed by atoms with Gasteiger partial charge in [-0.3, -0.25) is 28.8 Å². The smallest absolute Gasteiger partial charge is 0.243 e. The molecule has 0 bridgehead atoms. The first-order chi connectivity index (χ1) is 21.5. The van der Waals surface area contributed by atoms with Gasteiger partial charge in [-0.15, -0.1) is 0 Å². The number of carbonyl (C=O) groups is 6. The van der Waals surface area contributed by atoms with E-state index in [2.05, 4.69) is 26.6 Å². The molecule has 6 amide bonds. The fourth-order valence-electron chi connectivity index (χ4n) is 4.40. The van der Waals surface area contributed by atoms with Gasteiger partial charge < -0.3 is 43.2 Å². The maximum atomic E-state index is 13.1. The highest BCUT2D eigenvalue weighted by atomic mass is 16.3. The normalized spacial score (nSPS) is 13.3. The standard InChI is InChI=1S/C31H43N7O7/c1-2-24(28(33)42)37-31(45)26(17-20-8-4-3-5-9-20)36-27(41)18-35-30(44)25(10-6-7-15-34-19-39)38-29(43)23(32)16-21-11-13-22(40)14-12-21/h3-5,8-9,11-14,19,23-26,40H,2,6-7,10,15-18,32H2,1H3,(H2,33,42)(H,34,39)(H,35,44)(H,36,41)(H,37,45)(H,38,43)/t23-,24-,25+,26-/m0/s1. The number of amides is 6. The molecule has 2 aromatic carbocycles. The van der Waals surface area contributed by atoms with Gasteiger partial charge in [-0.25, -0.2) is 0 Å². The number of carbonyl (C=O) groups excluding carboxylic acids is 6. The van der Waals surface area contributed by atoms with Crippen molar-refractivity contribution < 1.29 is 33.9 Å². The Morgan fingerprint density at radius 2 is 1.44 bits per heavy atom. The van der Waals surface area contributed by atoms with E-state index in [9.17, 15) is 33.9 Å². The Bertz CT molecular complexity index is 1270. The molecule has 0 fully saturated rings. The molecular weight excluding hydrogens is 582 g/mol. The molecule has 0 aromatic heterocycles. The van der Waals surface area contributed by atoms with Crippen LogP contribution in [0.2, 0.25) is 0 Å². The lowest BCUT2D eigenvalue weighted by molar-refractivity contribution is -0.132. The second kappa shape index (κ2) is 19.3. The molecule has 4 atom stereocenters. The quantitative estimate of drug-likeness (QED) is 0.0662. The van der Waals surface area contributed by atoms with Crippen molar-refractivity contribution in [3.05, 3.63) is 65.7 Å². The summed E-state index contributed by atoms with van der Waals surface area (Å²) in [6.45, 7) is 1.57. The van der Waals surface area contributed by atoms with Crippen LogP contribution in [-0.4, -0.2) is 78.3 Å². The predicted octanol–water partition coefficient (Wildman–Crippen LogP) is -1.11. The topological polar surface area (TPSA) is 235 Å². The molecule has 0 spiro atoms. The summed E-state index contributed by atoms with van der Waals surface area (Å²) < 4.78 is 0. The van der Waals surface area contributed by atoms with E-state index in [1.54, 1.807) is 49.4 Å². The van der Waals surface area contributed by atoms with E-state index in [4.69, 9.17) is 11.5 Å². The zero-order chi connectivity index (χ0) is 33.2. The van der Waals surface area contributed by atoms with Crippen molar-refractivity contribution in [2.45, 2.75) is 69.6 Å². The van der Waals surface area contributed by atoms with Crippen LogP contribution in [0, 0.1) is 0 Å². The average molecular weight is 626 g/mol. The molecule has 10 N–H and O–H groups in total. The first-order valence-electron chi connectivity index (χ1n) is 14.8. The summed E-state index contributed by atoms with van der Waals surface area (Å²) in [5.41, 5.74) is 12.9. The Morgan fingerprint density at radius 1 is 0.800 bits per heavy atom. The number of benzene rings is 2. The zero-order valence-electron chi connectivity index (χ0n) is 25.3. The first-order valence-corrected chi connectivity index (χ1v) is 14.8. The molecule has 244 valence electrons. The summed E-state index contributed by atoms with van der Waals surface area (Å²) in [5.74, 6) is -3.14. The molecule has 0 radical (unpaired) electrons. The number of nitrogens with two attached hydrogens (primary N) is 2. The van der Waals surface area contributed by atoms with E-state index in [1.807, 2.05) is 0 Å². The van der Waals surface area contributed by atoms with E-state index in [-0.39, 0.29) is 31.4 Å². The third-order valence-corrected chi connectivity index (χ3v) is 6.93. The second-order valence-corrected chi connectivity index (χ2v) is 10.5. The molecule has 0 saturated carbocycles. The summed E-state index contributed by atoms with van der Waals surface area (Å²) in [6.07, 6.45) is 2.32. The second-order valence-electron chi connectivity index (χ2n) is 10.5. The van der Waals surface area contributed by atoms with Crippen LogP contribution < -0.4 is 38.1 Å². The van der Waals surface area contributed by atoms with Gasteiger partial charge in [-0.05, 0) is 55.4 Å². The van der Waals surface area contributed by atoms with Crippen LogP contribution in [0.5, 0.6) is 5.75 Å². The van der Waals surface area contributed by atoms with Gasteiger partial charge in [0.25, 0.3) is 0 Å². The predicted molar refractivity (Wildman–Crippen MR) is 166 cm³/mol. The van der Waals surface area contributed by atoms with Crippen LogP contribution in [0.25, 0.3) is 0 Å². The molecule has 0 heterocycles. The van der Waals surface area contributed by atoms with Crippen molar-refractivity contribution >= 4 is 35.9 Å². The molecular formula is C31H43N7O7. The number of unbranched alkanes of at least 4 members (excludes halogenated alkanes) is 1. The zero-order valence-corrected chi connectivity index (χ0v) is 25.3. The Labute approximate surface area is 262 Å². The molecule has 2 rings (SSSR count). The van der Waals surface area contributed by atoms with Gasteiger partial charge in [-0.2, -0.15) is 0 Å². The Balaban J connectivity index is 2.05. The van der Waals surface area contributed by atoms with Crippen molar-refractivity contribution in [2.24, 2.45) is 11.5 Å². The number of nitrogens with one attached hydrogen (secondary N) is 5. The minimum atomic E-state index is -1.07. The molecule has 45 heavy (non-hydrogen) atoms. The van der Waals surface area contributed by atoms with Crippen LogP contribution in [0.1, 0.15) is 43.7 Å². The lowest BCUT2D eigenvalue weighted by atomic mass is 10.0. The van der Waals surface area contributed by atoms with Crippen LogP contribution in [-0.2, 0) is 41.6 Å². The van der Waals surface area contributed by atoms with Gasteiger partial charge in [0, 0.05) is 13.0 Å². The maximum absolute atomic E-state index is 13.1.